The Hall–Kier alpha value is -2.36. The first-order valence-corrected chi connectivity index (χ1v) is 12.8. The molecule has 1 N–H and O–H groups in total. The highest BCUT2D eigenvalue weighted by atomic mass is 35.5. The van der Waals surface area contributed by atoms with Crippen LogP contribution in [0.3, 0.4) is 0 Å². The molecule has 0 fully saturated rings. The zero-order chi connectivity index (χ0) is 23.5. The lowest BCUT2D eigenvalue weighted by atomic mass is 10.2. The third-order valence-corrected chi connectivity index (χ3v) is 7.53. The van der Waals surface area contributed by atoms with E-state index in [1.54, 1.807) is 34.8 Å². The fraction of sp³-hybridized carbons (Fsp3) is 0.130. The number of benzene rings is 2. The predicted octanol–water partition coefficient (Wildman–Crippen LogP) is 6.06. The van der Waals surface area contributed by atoms with Crippen molar-refractivity contribution in [2.75, 3.05) is 16.6 Å². The van der Waals surface area contributed by atoms with Crippen LogP contribution in [0.4, 0.5) is 5.69 Å². The van der Waals surface area contributed by atoms with E-state index in [1.165, 1.54) is 11.9 Å². The first-order valence-electron chi connectivity index (χ1n) is 9.93. The molecule has 0 saturated heterocycles. The van der Waals surface area contributed by atoms with Crippen molar-refractivity contribution >= 4 is 68.9 Å². The van der Waals surface area contributed by atoms with E-state index in [4.69, 9.17) is 23.2 Å². The Labute approximate surface area is 208 Å². The second-order valence-electron chi connectivity index (χ2n) is 7.04. The molecule has 170 valence electrons. The summed E-state index contributed by atoms with van der Waals surface area (Å²) in [5.41, 5.74) is 1.62. The Morgan fingerprint density at radius 1 is 1.15 bits per heavy atom. The normalized spacial score (nSPS) is 12.1. The number of rotatable bonds is 8. The fourth-order valence-electron chi connectivity index (χ4n) is 3.33. The van der Waals surface area contributed by atoms with Crippen LogP contribution in [0.2, 0.25) is 10.0 Å². The maximum atomic E-state index is 12.2. The van der Waals surface area contributed by atoms with Gasteiger partial charge in [-0.1, -0.05) is 23.2 Å². The van der Waals surface area contributed by atoms with Gasteiger partial charge in [0.1, 0.15) is 18.1 Å². The Bertz CT molecular complexity index is 1300. The van der Waals surface area contributed by atoms with Gasteiger partial charge in [0.25, 0.3) is 0 Å². The van der Waals surface area contributed by atoms with Crippen LogP contribution in [-0.4, -0.2) is 37.5 Å². The SMILES string of the molecule is CC[S+]([O-])c1ccnc(-n2ccc3cc(N(CC(=O)O)Sc4cc(Cl)cc(Cl)c4)ccc32)c1. The lowest BCUT2D eigenvalue weighted by molar-refractivity contribution is -0.135. The summed E-state index contributed by atoms with van der Waals surface area (Å²) in [7, 11) is 0. The number of carboxylic acid groups (broad SMARTS) is 1. The summed E-state index contributed by atoms with van der Waals surface area (Å²) >= 11 is 12.4. The molecule has 2 heterocycles. The minimum absolute atomic E-state index is 0.215. The van der Waals surface area contributed by atoms with Crippen molar-refractivity contribution in [3.63, 3.8) is 0 Å². The van der Waals surface area contributed by atoms with Gasteiger partial charge in [-0.15, -0.1) is 0 Å². The summed E-state index contributed by atoms with van der Waals surface area (Å²) in [5.74, 6) is 0.245. The number of carbonyl (C=O) groups is 1. The van der Waals surface area contributed by atoms with E-state index in [0.29, 0.717) is 21.6 Å². The molecule has 0 saturated carbocycles. The Kier molecular flexibility index (Phi) is 7.41. The van der Waals surface area contributed by atoms with Crippen LogP contribution in [0, 0.1) is 0 Å². The highest BCUT2D eigenvalue weighted by molar-refractivity contribution is 8.00. The third-order valence-electron chi connectivity index (χ3n) is 4.78. The van der Waals surface area contributed by atoms with Crippen LogP contribution in [0.15, 0.2) is 76.8 Å². The first-order chi connectivity index (χ1) is 15.8. The van der Waals surface area contributed by atoms with E-state index >= 15 is 0 Å². The summed E-state index contributed by atoms with van der Waals surface area (Å²) in [5, 5.41) is 11.3. The predicted molar refractivity (Wildman–Crippen MR) is 135 cm³/mol. The monoisotopic (exact) mass is 519 g/mol. The van der Waals surface area contributed by atoms with Gasteiger partial charge in [0.15, 0.2) is 4.90 Å². The van der Waals surface area contributed by atoms with Gasteiger partial charge in [-0.25, -0.2) is 4.98 Å². The van der Waals surface area contributed by atoms with Crippen molar-refractivity contribution in [1.82, 2.24) is 9.55 Å². The van der Waals surface area contributed by atoms with Crippen LogP contribution in [-0.2, 0) is 16.0 Å². The molecular formula is C23H19Cl2N3O3S2. The maximum absolute atomic E-state index is 12.2. The molecule has 0 aliphatic heterocycles. The highest BCUT2D eigenvalue weighted by Gasteiger charge is 2.16. The smallest absolute Gasteiger partial charge is 0.324 e. The minimum atomic E-state index is -1.07. The number of carboxylic acids is 1. The summed E-state index contributed by atoms with van der Waals surface area (Å²) in [6, 6.07) is 16.3. The van der Waals surface area contributed by atoms with E-state index in [9.17, 15) is 14.5 Å². The number of nitrogens with zero attached hydrogens (tertiary/aromatic N) is 3. The van der Waals surface area contributed by atoms with Crippen LogP contribution in [0.5, 0.6) is 0 Å². The van der Waals surface area contributed by atoms with E-state index in [-0.39, 0.29) is 6.54 Å². The topological polar surface area (TPSA) is 81.4 Å². The van der Waals surface area contributed by atoms with Gasteiger partial charge in [-0.05, 0) is 72.5 Å². The van der Waals surface area contributed by atoms with Crippen molar-refractivity contribution in [3.05, 3.63) is 77.0 Å². The molecule has 0 spiro atoms. The number of fused-ring (bicyclic) bond motifs is 1. The average molecular weight is 520 g/mol. The standard InChI is InChI=1S/C23H19Cl2N3O3S2/c1-2-33(31)20-5-7-26-22(13-20)27-8-6-15-9-18(3-4-21(15)27)28(14-23(29)30)32-19-11-16(24)10-17(25)12-19/h3-13H,2,14H2,1H3,(H,29,30). The number of hydrogen-bond donors (Lipinski definition) is 1. The highest BCUT2D eigenvalue weighted by Crippen LogP contribution is 2.34. The first kappa shape index (κ1) is 23.8. The number of halogens is 2. The molecule has 1 atom stereocenters. The van der Waals surface area contributed by atoms with Crippen molar-refractivity contribution in [1.29, 1.82) is 0 Å². The van der Waals surface area contributed by atoms with Crippen LogP contribution >= 0.6 is 35.1 Å². The van der Waals surface area contributed by atoms with Gasteiger partial charge < -0.3 is 18.5 Å². The molecule has 10 heteroatoms. The zero-order valence-corrected chi connectivity index (χ0v) is 20.6. The van der Waals surface area contributed by atoms with Crippen molar-refractivity contribution in [2.45, 2.75) is 16.7 Å². The second kappa shape index (κ2) is 10.3. The van der Waals surface area contributed by atoms with Gasteiger partial charge >= 0.3 is 5.97 Å². The molecule has 0 aliphatic rings. The number of anilines is 1. The average Bonchev–Trinajstić information content (AvgIpc) is 3.20. The lowest BCUT2D eigenvalue weighted by Crippen LogP contribution is -2.22. The summed E-state index contributed by atoms with van der Waals surface area (Å²) in [4.78, 5) is 17.4. The van der Waals surface area contributed by atoms with E-state index in [0.717, 1.165) is 26.4 Å². The van der Waals surface area contributed by atoms with Gasteiger partial charge in [0.2, 0.25) is 0 Å². The minimum Gasteiger partial charge on any atom is -0.611 e. The second-order valence-corrected chi connectivity index (χ2v) is 10.7. The fourth-order valence-corrected chi connectivity index (χ4v) is 5.78. The molecule has 0 radical (unpaired) electrons. The Morgan fingerprint density at radius 2 is 1.91 bits per heavy atom. The zero-order valence-electron chi connectivity index (χ0n) is 17.4. The summed E-state index contributed by atoms with van der Waals surface area (Å²) in [6.45, 7) is 1.66. The van der Waals surface area contributed by atoms with E-state index in [2.05, 4.69) is 4.98 Å². The molecular weight excluding hydrogens is 501 g/mol. The molecule has 4 rings (SSSR count). The quantitative estimate of drug-likeness (QED) is 0.225. The number of aliphatic carboxylic acids is 1. The van der Waals surface area contributed by atoms with Gasteiger partial charge in [0, 0.05) is 50.5 Å². The molecule has 4 aromatic rings. The summed E-state index contributed by atoms with van der Waals surface area (Å²) in [6.07, 6.45) is 3.54. The van der Waals surface area contributed by atoms with Crippen molar-refractivity contribution in [2.24, 2.45) is 0 Å². The molecule has 0 amide bonds. The molecule has 0 aliphatic carbocycles. The van der Waals surface area contributed by atoms with Gasteiger partial charge in [0.05, 0.1) is 5.52 Å². The van der Waals surface area contributed by atoms with E-state index in [1.807, 2.05) is 48.0 Å². The Morgan fingerprint density at radius 3 is 2.61 bits per heavy atom. The number of hydrogen-bond acceptors (Lipinski definition) is 5. The molecule has 33 heavy (non-hydrogen) atoms. The molecule has 0 bridgehead atoms. The van der Waals surface area contributed by atoms with Gasteiger partial charge in [-0.3, -0.25) is 4.79 Å². The Balaban J connectivity index is 1.68. The maximum Gasteiger partial charge on any atom is 0.324 e. The summed E-state index contributed by atoms with van der Waals surface area (Å²) < 4.78 is 15.8. The molecule has 2 aromatic heterocycles. The van der Waals surface area contributed by atoms with E-state index < -0.39 is 17.1 Å². The number of pyridine rings is 1. The van der Waals surface area contributed by atoms with Crippen LogP contribution in [0.25, 0.3) is 16.7 Å². The van der Waals surface area contributed by atoms with Crippen LogP contribution < -0.4 is 4.31 Å². The van der Waals surface area contributed by atoms with Crippen molar-refractivity contribution < 1.29 is 14.5 Å². The number of aromatic nitrogens is 2. The lowest BCUT2D eigenvalue weighted by Gasteiger charge is -2.22. The molecule has 2 aromatic carbocycles. The molecule has 6 nitrogen and oxygen atoms in total. The van der Waals surface area contributed by atoms with Crippen molar-refractivity contribution in [3.8, 4) is 5.82 Å². The van der Waals surface area contributed by atoms with Crippen LogP contribution in [0.1, 0.15) is 6.92 Å². The largest absolute Gasteiger partial charge is 0.611 e. The van der Waals surface area contributed by atoms with Gasteiger partial charge in [-0.2, -0.15) is 0 Å². The molecule has 1 unspecified atom stereocenters. The third kappa shape index (κ3) is 5.59.